The summed E-state index contributed by atoms with van der Waals surface area (Å²) >= 11 is 0. The summed E-state index contributed by atoms with van der Waals surface area (Å²) in [5.41, 5.74) is 5.99. The van der Waals surface area contributed by atoms with E-state index in [9.17, 15) is 4.79 Å². The van der Waals surface area contributed by atoms with Crippen molar-refractivity contribution >= 4 is 11.6 Å². The van der Waals surface area contributed by atoms with Gasteiger partial charge in [-0.15, -0.1) is 0 Å². The van der Waals surface area contributed by atoms with Crippen LogP contribution < -0.4 is 5.32 Å². The van der Waals surface area contributed by atoms with Gasteiger partial charge in [0, 0.05) is 24.7 Å². The second-order valence-corrected chi connectivity index (χ2v) is 6.60. The van der Waals surface area contributed by atoms with E-state index < -0.39 is 0 Å². The highest BCUT2D eigenvalue weighted by molar-refractivity contribution is 6.19. The Kier molecular flexibility index (Phi) is 3.88. The van der Waals surface area contributed by atoms with Crippen molar-refractivity contribution in [1.82, 2.24) is 10.2 Å². The minimum atomic E-state index is -0.164. The summed E-state index contributed by atoms with van der Waals surface area (Å²) in [6, 6.07) is 18.3. The molecule has 1 amide bonds. The molecule has 25 heavy (non-hydrogen) atoms. The summed E-state index contributed by atoms with van der Waals surface area (Å²) in [4.78, 5) is 19.6. The van der Waals surface area contributed by atoms with E-state index in [1.165, 1.54) is 5.56 Å². The van der Waals surface area contributed by atoms with Crippen LogP contribution in [-0.4, -0.2) is 36.7 Å². The number of hydrogen-bond donors (Lipinski definition) is 1. The van der Waals surface area contributed by atoms with E-state index in [1.807, 2.05) is 30.1 Å². The van der Waals surface area contributed by atoms with Crippen molar-refractivity contribution in [3.8, 4) is 0 Å². The second kappa shape index (κ2) is 6.20. The van der Waals surface area contributed by atoms with E-state index in [4.69, 9.17) is 4.99 Å². The third-order valence-corrected chi connectivity index (χ3v) is 4.83. The highest BCUT2D eigenvalue weighted by Gasteiger charge is 2.38. The molecule has 0 saturated carbocycles. The standard InChI is InChI=1S/C21H21N3O/c1-14-8-10-16(11-9-14)19-17-18(15-6-4-3-5-7-15)22-12-13-24(2)20(17)21(25)23-19/h3-11,19H,12-13H2,1-2H3,(H,23,25). The van der Waals surface area contributed by atoms with Crippen LogP contribution in [-0.2, 0) is 4.79 Å². The zero-order valence-electron chi connectivity index (χ0n) is 14.5. The fraction of sp³-hybridized carbons (Fsp3) is 0.238. The van der Waals surface area contributed by atoms with Crippen molar-refractivity contribution in [2.24, 2.45) is 4.99 Å². The summed E-state index contributed by atoms with van der Waals surface area (Å²) in [6.45, 7) is 3.49. The highest BCUT2D eigenvalue weighted by atomic mass is 16.2. The largest absolute Gasteiger partial charge is 0.368 e. The molecular weight excluding hydrogens is 310 g/mol. The number of nitrogens with zero attached hydrogens (tertiary/aromatic N) is 2. The van der Waals surface area contributed by atoms with Crippen LogP contribution in [0, 0.1) is 6.92 Å². The Morgan fingerprint density at radius 3 is 2.52 bits per heavy atom. The molecule has 0 spiro atoms. The monoisotopic (exact) mass is 331 g/mol. The third kappa shape index (κ3) is 2.74. The van der Waals surface area contributed by atoms with Gasteiger partial charge in [0.2, 0.25) is 0 Å². The quantitative estimate of drug-likeness (QED) is 0.920. The number of aliphatic imine (C=N–C) groups is 1. The van der Waals surface area contributed by atoms with Crippen LogP contribution in [0.2, 0.25) is 0 Å². The first-order chi connectivity index (χ1) is 12.1. The molecule has 2 heterocycles. The summed E-state index contributed by atoms with van der Waals surface area (Å²) in [7, 11) is 1.97. The van der Waals surface area contributed by atoms with E-state index in [0.717, 1.165) is 34.7 Å². The van der Waals surface area contributed by atoms with Crippen LogP contribution in [0.1, 0.15) is 22.7 Å². The molecule has 0 aliphatic carbocycles. The van der Waals surface area contributed by atoms with Crippen molar-refractivity contribution in [2.75, 3.05) is 20.1 Å². The lowest BCUT2D eigenvalue weighted by molar-refractivity contribution is -0.118. The number of nitrogens with one attached hydrogen (secondary N) is 1. The van der Waals surface area contributed by atoms with Gasteiger partial charge in [0.15, 0.2) is 0 Å². The average Bonchev–Trinajstić information content (AvgIpc) is 2.86. The SMILES string of the molecule is Cc1ccc(C2NC(=O)C3=C2C(c2ccccc2)=NCCN3C)cc1. The maximum atomic E-state index is 12.7. The zero-order chi connectivity index (χ0) is 17.4. The number of likely N-dealkylation sites (N-methyl/N-ethyl adjacent to an activating group) is 1. The van der Waals surface area contributed by atoms with Gasteiger partial charge in [-0.3, -0.25) is 9.79 Å². The molecule has 2 aliphatic rings. The van der Waals surface area contributed by atoms with Crippen LogP contribution in [0.5, 0.6) is 0 Å². The van der Waals surface area contributed by atoms with Crippen molar-refractivity contribution < 1.29 is 4.79 Å². The van der Waals surface area contributed by atoms with Crippen molar-refractivity contribution in [3.05, 3.63) is 82.6 Å². The first-order valence-corrected chi connectivity index (χ1v) is 8.58. The van der Waals surface area contributed by atoms with Gasteiger partial charge < -0.3 is 10.2 Å². The number of carbonyl (C=O) groups excluding carboxylic acids is 1. The van der Waals surface area contributed by atoms with Crippen LogP contribution in [0.25, 0.3) is 0 Å². The van der Waals surface area contributed by atoms with Gasteiger partial charge >= 0.3 is 0 Å². The van der Waals surface area contributed by atoms with Gasteiger partial charge in [-0.2, -0.15) is 0 Å². The number of benzene rings is 2. The van der Waals surface area contributed by atoms with E-state index in [1.54, 1.807) is 0 Å². The summed E-state index contributed by atoms with van der Waals surface area (Å²) in [5.74, 6) is -0.0198. The normalized spacial score (nSPS) is 20.1. The molecule has 4 heteroatoms. The Balaban J connectivity index is 1.88. The lowest BCUT2D eigenvalue weighted by atomic mass is 9.92. The predicted molar refractivity (Wildman–Crippen MR) is 99.6 cm³/mol. The number of rotatable bonds is 2. The molecule has 2 aromatic rings. The Bertz CT molecular complexity index is 866. The molecule has 0 radical (unpaired) electrons. The fourth-order valence-corrected chi connectivity index (χ4v) is 3.52. The molecule has 0 aromatic heterocycles. The van der Waals surface area contributed by atoms with E-state index in [-0.39, 0.29) is 11.9 Å². The number of aryl methyl sites for hydroxylation is 1. The molecular formula is C21H21N3O. The smallest absolute Gasteiger partial charge is 0.268 e. The number of amides is 1. The molecule has 4 rings (SSSR count). The molecule has 1 N–H and O–H groups in total. The second-order valence-electron chi connectivity index (χ2n) is 6.60. The topological polar surface area (TPSA) is 44.7 Å². The molecule has 0 saturated heterocycles. The molecule has 2 aliphatic heterocycles. The Hall–Kier alpha value is -2.88. The first-order valence-electron chi connectivity index (χ1n) is 8.58. The van der Waals surface area contributed by atoms with E-state index in [2.05, 4.69) is 48.6 Å². The molecule has 1 atom stereocenters. The van der Waals surface area contributed by atoms with Crippen molar-refractivity contribution in [3.63, 3.8) is 0 Å². The van der Waals surface area contributed by atoms with Gasteiger partial charge in [0.1, 0.15) is 5.70 Å². The van der Waals surface area contributed by atoms with E-state index in [0.29, 0.717) is 6.54 Å². The molecule has 4 nitrogen and oxygen atoms in total. The van der Waals surface area contributed by atoms with Crippen LogP contribution >= 0.6 is 0 Å². The lowest BCUT2D eigenvalue weighted by Gasteiger charge is -2.18. The van der Waals surface area contributed by atoms with Gasteiger partial charge in [-0.05, 0) is 12.5 Å². The Morgan fingerprint density at radius 1 is 1.08 bits per heavy atom. The Labute approximate surface area is 147 Å². The Morgan fingerprint density at radius 2 is 1.80 bits per heavy atom. The minimum Gasteiger partial charge on any atom is -0.368 e. The molecule has 0 bridgehead atoms. The molecule has 1 unspecified atom stereocenters. The van der Waals surface area contributed by atoms with Crippen LogP contribution in [0.15, 0.2) is 70.9 Å². The lowest BCUT2D eigenvalue weighted by Crippen LogP contribution is -2.29. The van der Waals surface area contributed by atoms with E-state index >= 15 is 0 Å². The molecule has 2 aromatic carbocycles. The van der Waals surface area contributed by atoms with Gasteiger partial charge in [0.05, 0.1) is 18.3 Å². The van der Waals surface area contributed by atoms with Gasteiger partial charge in [-0.1, -0.05) is 60.2 Å². The van der Waals surface area contributed by atoms with Crippen LogP contribution in [0.4, 0.5) is 0 Å². The number of hydrogen-bond acceptors (Lipinski definition) is 3. The van der Waals surface area contributed by atoms with Gasteiger partial charge in [0.25, 0.3) is 5.91 Å². The average molecular weight is 331 g/mol. The fourth-order valence-electron chi connectivity index (χ4n) is 3.52. The van der Waals surface area contributed by atoms with Crippen LogP contribution in [0.3, 0.4) is 0 Å². The number of carbonyl (C=O) groups is 1. The zero-order valence-corrected chi connectivity index (χ0v) is 14.5. The van der Waals surface area contributed by atoms with Crippen molar-refractivity contribution in [1.29, 1.82) is 0 Å². The van der Waals surface area contributed by atoms with Crippen molar-refractivity contribution in [2.45, 2.75) is 13.0 Å². The molecule has 0 fully saturated rings. The summed E-state index contributed by atoms with van der Waals surface area (Å²) in [6.07, 6.45) is 0. The maximum Gasteiger partial charge on any atom is 0.268 e. The minimum absolute atomic E-state index is 0.0198. The first kappa shape index (κ1) is 15.6. The molecule has 126 valence electrons. The summed E-state index contributed by atoms with van der Waals surface area (Å²) < 4.78 is 0. The third-order valence-electron chi connectivity index (χ3n) is 4.83. The maximum absolute atomic E-state index is 12.7. The van der Waals surface area contributed by atoms with Gasteiger partial charge in [-0.25, -0.2) is 0 Å². The highest BCUT2D eigenvalue weighted by Crippen LogP contribution is 2.35. The summed E-state index contributed by atoms with van der Waals surface area (Å²) in [5, 5.41) is 3.15. The predicted octanol–water partition coefficient (Wildman–Crippen LogP) is 2.85.